The van der Waals surface area contributed by atoms with E-state index in [0.717, 1.165) is 4.90 Å². The van der Waals surface area contributed by atoms with Gasteiger partial charge in [0, 0.05) is 11.3 Å². The molecule has 186 valence electrons. The molecule has 2 bridgehead atoms. The Bertz CT molecular complexity index is 1230. The first-order chi connectivity index (χ1) is 17.2. The number of anilines is 2. The Morgan fingerprint density at radius 3 is 1.94 bits per heavy atom. The summed E-state index contributed by atoms with van der Waals surface area (Å²) in [6.45, 7) is 0.934. The van der Waals surface area contributed by atoms with Crippen molar-refractivity contribution in [3.8, 4) is 0 Å². The van der Waals surface area contributed by atoms with E-state index < -0.39 is 30.3 Å². The summed E-state index contributed by atoms with van der Waals surface area (Å²) in [6.07, 6.45) is 0.686. The molecule has 3 fully saturated rings. The number of imide groups is 1. The first kappa shape index (κ1) is 24.5. The van der Waals surface area contributed by atoms with Crippen molar-refractivity contribution < 1.29 is 28.7 Å². The first-order valence-electron chi connectivity index (χ1n) is 11.5. The van der Waals surface area contributed by atoms with Crippen molar-refractivity contribution in [1.29, 1.82) is 0 Å². The van der Waals surface area contributed by atoms with Gasteiger partial charge in [0.25, 0.3) is 5.91 Å². The van der Waals surface area contributed by atoms with Gasteiger partial charge in [0.05, 0.1) is 33.8 Å². The summed E-state index contributed by atoms with van der Waals surface area (Å²) >= 11 is 12.8. The molecule has 1 heterocycles. The number of ketones is 1. The number of alkyl halides is 2. The smallest absolute Gasteiger partial charge is 0.338 e. The zero-order chi connectivity index (χ0) is 25.7. The van der Waals surface area contributed by atoms with Crippen LogP contribution in [0.25, 0.3) is 0 Å². The molecule has 2 aromatic rings. The summed E-state index contributed by atoms with van der Waals surface area (Å²) in [5.74, 6) is -3.06. The van der Waals surface area contributed by atoms with Gasteiger partial charge in [-0.2, -0.15) is 0 Å². The van der Waals surface area contributed by atoms with Gasteiger partial charge >= 0.3 is 5.97 Å². The molecular weight excluding hydrogens is 507 g/mol. The van der Waals surface area contributed by atoms with Crippen molar-refractivity contribution in [3.63, 3.8) is 0 Å². The van der Waals surface area contributed by atoms with Crippen LogP contribution in [0.15, 0.2) is 48.5 Å². The maximum Gasteiger partial charge on any atom is 0.338 e. The summed E-state index contributed by atoms with van der Waals surface area (Å²) in [5, 5.41) is 1.92. The molecule has 1 N–H and O–H groups in total. The molecule has 0 unspecified atom stereocenters. The number of ether oxygens (including phenoxy) is 1. The Morgan fingerprint density at radius 1 is 0.889 bits per heavy atom. The highest BCUT2D eigenvalue weighted by Crippen LogP contribution is 2.59. The number of Topliss-reactive ketones (excluding diaryl/α,β-unsaturated/α-hetero) is 1. The molecule has 0 radical (unpaired) electrons. The Kier molecular flexibility index (Phi) is 6.34. The average Bonchev–Trinajstić information content (AvgIpc) is 3.47. The van der Waals surface area contributed by atoms with Crippen molar-refractivity contribution in [1.82, 2.24) is 0 Å². The second-order valence-corrected chi connectivity index (χ2v) is 10.3. The molecule has 2 saturated carbocycles. The van der Waals surface area contributed by atoms with Crippen molar-refractivity contribution in [3.05, 3.63) is 59.7 Å². The average molecular weight is 529 g/mol. The highest BCUT2D eigenvalue weighted by Gasteiger charge is 2.66. The highest BCUT2D eigenvalue weighted by molar-refractivity contribution is 6.32. The zero-order valence-electron chi connectivity index (χ0n) is 19.1. The number of fused-ring (bicyclic) bond motifs is 5. The molecule has 2 aliphatic carbocycles. The van der Waals surface area contributed by atoms with Crippen LogP contribution in [-0.2, 0) is 19.1 Å². The molecule has 10 heteroatoms. The minimum absolute atomic E-state index is 0.0888. The van der Waals surface area contributed by atoms with Crippen LogP contribution in [0.5, 0.6) is 0 Å². The molecule has 3 amide bonds. The van der Waals surface area contributed by atoms with Gasteiger partial charge in [-0.1, -0.05) is 0 Å². The number of rotatable bonds is 6. The molecule has 2 aromatic carbocycles. The Morgan fingerprint density at radius 2 is 1.42 bits per heavy atom. The third-order valence-electron chi connectivity index (χ3n) is 7.26. The van der Waals surface area contributed by atoms with Crippen LogP contribution >= 0.6 is 23.2 Å². The predicted octanol–water partition coefficient (Wildman–Crippen LogP) is 3.65. The second-order valence-electron chi connectivity index (χ2n) is 9.32. The van der Waals surface area contributed by atoms with Crippen molar-refractivity contribution >= 4 is 64.1 Å². The number of nitrogens with one attached hydrogen (secondary N) is 1. The molecule has 8 nitrogen and oxygen atoms in total. The van der Waals surface area contributed by atoms with E-state index in [9.17, 15) is 24.0 Å². The van der Waals surface area contributed by atoms with Gasteiger partial charge in [-0.3, -0.25) is 24.1 Å². The largest absolute Gasteiger partial charge is 0.452 e. The van der Waals surface area contributed by atoms with E-state index in [1.807, 2.05) is 0 Å². The quantitative estimate of drug-likeness (QED) is 0.265. The van der Waals surface area contributed by atoms with Gasteiger partial charge < -0.3 is 10.1 Å². The van der Waals surface area contributed by atoms with E-state index in [0.29, 0.717) is 23.4 Å². The summed E-state index contributed by atoms with van der Waals surface area (Å²) in [4.78, 5) is 63.2. The van der Waals surface area contributed by atoms with Crippen LogP contribution in [0.2, 0.25) is 0 Å². The number of amides is 3. The summed E-state index contributed by atoms with van der Waals surface area (Å²) in [7, 11) is 0. The van der Waals surface area contributed by atoms with E-state index in [1.165, 1.54) is 31.2 Å². The first-order valence-corrected chi connectivity index (χ1v) is 12.4. The molecule has 1 saturated heterocycles. The third kappa shape index (κ3) is 4.08. The SMILES string of the molecule is CC(=O)c1ccc(NC(=O)COC(=O)c2ccc(N3C(=O)[C@@H]4[C@H]5C[C@@H]([C@H](Cl)[C@H]5Cl)[C@H]4C3=O)cc2)cc1. The fourth-order valence-electron chi connectivity index (χ4n) is 5.55. The number of hydrogen-bond acceptors (Lipinski definition) is 6. The standard InChI is InChI=1S/C26H22Cl2N2O6/c1-12(31)13-2-6-15(7-3-13)29-19(32)11-36-26(35)14-4-8-16(9-5-14)30-24(33)20-17-10-18(21(20)25(30)34)23(28)22(17)27/h2-9,17-18,20-23H,10-11H2,1H3,(H,29,32)/t17-,18-,20-,21-,22+,23+/m1/s1. The lowest BCUT2D eigenvalue weighted by Crippen LogP contribution is -2.37. The maximum atomic E-state index is 13.1. The van der Waals surface area contributed by atoms with Gasteiger partial charge in [-0.15, -0.1) is 23.2 Å². The van der Waals surface area contributed by atoms with Crippen LogP contribution < -0.4 is 10.2 Å². The molecular formula is C26H22Cl2N2O6. The van der Waals surface area contributed by atoms with E-state index >= 15 is 0 Å². The minimum atomic E-state index is -0.729. The lowest BCUT2D eigenvalue weighted by molar-refractivity contribution is -0.123. The molecule has 6 atom stereocenters. The molecule has 5 rings (SSSR count). The lowest BCUT2D eigenvalue weighted by Gasteiger charge is -2.28. The molecule has 1 aliphatic heterocycles. The van der Waals surface area contributed by atoms with Crippen LogP contribution in [0.1, 0.15) is 34.1 Å². The van der Waals surface area contributed by atoms with Gasteiger partial charge in [-0.25, -0.2) is 4.79 Å². The topological polar surface area (TPSA) is 110 Å². The number of carbonyl (C=O) groups excluding carboxylic acids is 5. The molecule has 3 aliphatic rings. The van der Waals surface area contributed by atoms with Crippen molar-refractivity contribution in [2.75, 3.05) is 16.8 Å². The predicted molar refractivity (Wildman–Crippen MR) is 132 cm³/mol. The normalized spacial score (nSPS) is 28.2. The molecule has 36 heavy (non-hydrogen) atoms. The number of hydrogen-bond donors (Lipinski definition) is 1. The Hall–Kier alpha value is -3.23. The fraction of sp³-hybridized carbons (Fsp3) is 0.346. The van der Waals surface area contributed by atoms with E-state index in [4.69, 9.17) is 27.9 Å². The number of halogens is 2. The number of benzene rings is 2. The lowest BCUT2D eigenvalue weighted by atomic mass is 9.80. The van der Waals surface area contributed by atoms with Gasteiger partial charge in [0.1, 0.15) is 0 Å². The highest BCUT2D eigenvalue weighted by atomic mass is 35.5. The van der Waals surface area contributed by atoms with Crippen LogP contribution in [0, 0.1) is 23.7 Å². The van der Waals surface area contributed by atoms with Crippen LogP contribution in [0.4, 0.5) is 11.4 Å². The van der Waals surface area contributed by atoms with E-state index in [2.05, 4.69) is 5.32 Å². The number of carbonyl (C=O) groups is 5. The Balaban J connectivity index is 1.19. The van der Waals surface area contributed by atoms with E-state index in [-0.39, 0.29) is 45.8 Å². The Labute approximate surface area is 216 Å². The molecule has 0 aromatic heterocycles. The maximum absolute atomic E-state index is 13.1. The van der Waals surface area contributed by atoms with Crippen LogP contribution in [-0.4, -0.2) is 46.8 Å². The van der Waals surface area contributed by atoms with Crippen molar-refractivity contribution in [2.45, 2.75) is 24.1 Å². The van der Waals surface area contributed by atoms with Gasteiger partial charge in [0.15, 0.2) is 12.4 Å². The zero-order valence-corrected chi connectivity index (χ0v) is 20.7. The molecule has 0 spiro atoms. The summed E-state index contributed by atoms with van der Waals surface area (Å²) in [6, 6.07) is 12.2. The summed E-state index contributed by atoms with van der Waals surface area (Å²) < 4.78 is 5.07. The number of nitrogens with zero attached hydrogens (tertiary/aromatic N) is 1. The van der Waals surface area contributed by atoms with Gasteiger partial charge in [-0.05, 0) is 73.7 Å². The van der Waals surface area contributed by atoms with E-state index in [1.54, 1.807) is 24.3 Å². The monoisotopic (exact) mass is 528 g/mol. The van der Waals surface area contributed by atoms with Gasteiger partial charge in [0.2, 0.25) is 11.8 Å². The van der Waals surface area contributed by atoms with Crippen molar-refractivity contribution in [2.24, 2.45) is 23.7 Å². The minimum Gasteiger partial charge on any atom is -0.452 e. The van der Waals surface area contributed by atoms with Crippen LogP contribution in [0.3, 0.4) is 0 Å². The second kappa shape index (κ2) is 9.33. The number of esters is 1. The summed E-state index contributed by atoms with van der Waals surface area (Å²) in [5.41, 5.74) is 1.50. The fourth-order valence-corrected chi connectivity index (χ4v) is 6.44. The third-order valence-corrected chi connectivity index (χ3v) is 8.58.